The van der Waals surface area contributed by atoms with Gasteiger partial charge in [-0.05, 0) is 58.1 Å². The normalized spacial score (nSPS) is 21.2. The van der Waals surface area contributed by atoms with Crippen molar-refractivity contribution < 1.29 is 9.53 Å². The summed E-state index contributed by atoms with van der Waals surface area (Å²) in [6.07, 6.45) is 6.83. The fraction of sp³-hybridized carbons (Fsp3) is 0.706. The molecule has 2 heterocycles. The second-order valence-corrected chi connectivity index (χ2v) is 7.93. The molecule has 23 heavy (non-hydrogen) atoms. The number of rotatable bonds is 3. The maximum absolute atomic E-state index is 12.0. The lowest BCUT2D eigenvalue weighted by Gasteiger charge is -2.35. The number of carbonyl (C=O) groups is 1. The largest absolute Gasteiger partial charge is 0.444 e. The van der Waals surface area contributed by atoms with E-state index < -0.39 is 5.60 Å². The monoisotopic (exact) mass is 316 g/mol. The highest BCUT2D eigenvalue weighted by molar-refractivity contribution is 5.72. The molecular formula is C17H24N4O2. The van der Waals surface area contributed by atoms with Crippen molar-refractivity contribution >= 4 is 12.2 Å². The number of ether oxygens (including phenoxy) is 1. The summed E-state index contributed by atoms with van der Waals surface area (Å²) in [4.78, 5) is 13.7. The molecule has 1 aromatic rings. The van der Waals surface area contributed by atoms with Crippen LogP contribution in [-0.2, 0) is 4.74 Å². The molecule has 1 amide bonds. The molecule has 1 saturated heterocycles. The summed E-state index contributed by atoms with van der Waals surface area (Å²) in [5, 5.41) is 8.81. The minimum Gasteiger partial charge on any atom is -0.444 e. The average molecular weight is 316 g/mol. The summed E-state index contributed by atoms with van der Waals surface area (Å²) in [6, 6.07) is 0.592. The van der Waals surface area contributed by atoms with Gasteiger partial charge in [-0.3, -0.25) is 0 Å². The van der Waals surface area contributed by atoms with E-state index in [2.05, 4.69) is 20.8 Å². The lowest BCUT2D eigenvalue weighted by molar-refractivity contribution is 0.0216. The maximum atomic E-state index is 12.0. The van der Waals surface area contributed by atoms with Crippen molar-refractivity contribution in [3.05, 3.63) is 17.2 Å². The van der Waals surface area contributed by atoms with Crippen molar-refractivity contribution in [2.24, 2.45) is 0 Å². The molecule has 1 aliphatic heterocycles. The quantitative estimate of drug-likeness (QED) is 0.859. The molecule has 0 aromatic carbocycles. The second kappa shape index (κ2) is 5.08. The Morgan fingerprint density at radius 1 is 1.17 bits per heavy atom. The van der Waals surface area contributed by atoms with Crippen LogP contribution in [0.3, 0.4) is 0 Å². The number of carbonyl (C=O) groups excluding carboxylic acids is 1. The van der Waals surface area contributed by atoms with Crippen LogP contribution in [-0.4, -0.2) is 44.4 Å². The third-order valence-electron chi connectivity index (χ3n) is 4.38. The third kappa shape index (κ3) is 3.12. The molecular weight excluding hydrogens is 292 g/mol. The standard InChI is InChI=1S/C17H24N4O2/c1-17(2,3)23-16(22)20-9-11(10-20)8-14-18-19-15(12-4-5-12)21(14)13-6-7-13/h8,12-13H,4-7,9-10H2,1-3H3. The van der Waals surface area contributed by atoms with Gasteiger partial charge in [0.1, 0.15) is 11.4 Å². The first-order chi connectivity index (χ1) is 10.9. The minimum absolute atomic E-state index is 0.239. The number of aromatic nitrogens is 3. The van der Waals surface area contributed by atoms with Gasteiger partial charge in [-0.1, -0.05) is 0 Å². The van der Waals surface area contributed by atoms with Crippen LogP contribution in [0.25, 0.3) is 6.08 Å². The molecule has 1 aromatic heterocycles. The molecule has 0 bridgehead atoms. The van der Waals surface area contributed by atoms with Crippen LogP contribution >= 0.6 is 0 Å². The topological polar surface area (TPSA) is 60.2 Å². The summed E-state index contributed by atoms with van der Waals surface area (Å²) >= 11 is 0. The zero-order valence-electron chi connectivity index (χ0n) is 14.1. The van der Waals surface area contributed by atoms with E-state index in [0.29, 0.717) is 25.0 Å². The Bertz CT molecular complexity index is 655. The zero-order chi connectivity index (χ0) is 16.2. The van der Waals surface area contributed by atoms with E-state index in [-0.39, 0.29) is 6.09 Å². The average Bonchev–Trinajstić information content (AvgIpc) is 3.29. The first kappa shape index (κ1) is 14.7. The molecule has 2 aliphatic carbocycles. The van der Waals surface area contributed by atoms with Gasteiger partial charge in [-0.15, -0.1) is 10.2 Å². The molecule has 0 unspecified atom stereocenters. The Morgan fingerprint density at radius 2 is 1.87 bits per heavy atom. The number of hydrogen-bond donors (Lipinski definition) is 0. The van der Waals surface area contributed by atoms with E-state index in [1.807, 2.05) is 20.8 Å². The van der Waals surface area contributed by atoms with Crippen molar-refractivity contribution in [2.75, 3.05) is 13.1 Å². The van der Waals surface area contributed by atoms with Gasteiger partial charge in [0.15, 0.2) is 5.82 Å². The lowest BCUT2D eigenvalue weighted by Crippen LogP contribution is -2.46. The van der Waals surface area contributed by atoms with Crippen molar-refractivity contribution in [3.63, 3.8) is 0 Å². The van der Waals surface area contributed by atoms with Crippen LogP contribution in [0.5, 0.6) is 0 Å². The smallest absolute Gasteiger partial charge is 0.410 e. The molecule has 124 valence electrons. The number of amides is 1. The molecule has 0 radical (unpaired) electrons. The first-order valence-electron chi connectivity index (χ1n) is 8.53. The summed E-state index contributed by atoms with van der Waals surface area (Å²) < 4.78 is 7.72. The van der Waals surface area contributed by atoms with Gasteiger partial charge in [0.25, 0.3) is 0 Å². The molecule has 2 saturated carbocycles. The second-order valence-electron chi connectivity index (χ2n) is 7.93. The molecule has 0 atom stereocenters. The van der Waals surface area contributed by atoms with E-state index in [9.17, 15) is 4.79 Å². The Kier molecular flexibility index (Phi) is 3.25. The molecule has 6 heteroatoms. The van der Waals surface area contributed by atoms with Crippen LogP contribution in [0.1, 0.15) is 70.1 Å². The van der Waals surface area contributed by atoms with Crippen molar-refractivity contribution in [1.29, 1.82) is 0 Å². The van der Waals surface area contributed by atoms with E-state index in [1.165, 1.54) is 37.1 Å². The summed E-state index contributed by atoms with van der Waals surface area (Å²) in [5.74, 6) is 2.76. The SMILES string of the molecule is CC(C)(C)OC(=O)N1CC(=Cc2nnc(C3CC3)n2C2CC2)C1. The highest BCUT2D eigenvalue weighted by Gasteiger charge is 2.36. The zero-order valence-corrected chi connectivity index (χ0v) is 14.1. The number of nitrogens with zero attached hydrogens (tertiary/aromatic N) is 4. The predicted molar refractivity (Wildman–Crippen MR) is 86.1 cm³/mol. The fourth-order valence-electron chi connectivity index (χ4n) is 2.91. The Hall–Kier alpha value is -1.85. The molecule has 3 aliphatic rings. The van der Waals surface area contributed by atoms with Crippen LogP contribution < -0.4 is 0 Å². The molecule has 4 rings (SSSR count). The highest BCUT2D eigenvalue weighted by Crippen LogP contribution is 2.45. The number of hydrogen-bond acceptors (Lipinski definition) is 4. The van der Waals surface area contributed by atoms with Gasteiger partial charge in [-0.2, -0.15) is 0 Å². The van der Waals surface area contributed by atoms with E-state index >= 15 is 0 Å². The van der Waals surface area contributed by atoms with Crippen LogP contribution in [0.4, 0.5) is 4.79 Å². The first-order valence-corrected chi connectivity index (χ1v) is 8.53. The Labute approximate surface area is 136 Å². The van der Waals surface area contributed by atoms with Gasteiger partial charge in [0.2, 0.25) is 0 Å². The van der Waals surface area contributed by atoms with Crippen LogP contribution in [0.2, 0.25) is 0 Å². The molecule has 0 spiro atoms. The number of likely N-dealkylation sites (tertiary alicyclic amines) is 1. The minimum atomic E-state index is -0.443. The van der Waals surface area contributed by atoms with Crippen LogP contribution in [0.15, 0.2) is 5.57 Å². The molecule has 3 fully saturated rings. The summed E-state index contributed by atoms with van der Waals surface area (Å²) in [5.41, 5.74) is 0.773. The Morgan fingerprint density at radius 3 is 2.43 bits per heavy atom. The summed E-state index contributed by atoms with van der Waals surface area (Å²) in [7, 11) is 0. The van der Waals surface area contributed by atoms with Gasteiger partial charge in [-0.25, -0.2) is 4.79 Å². The van der Waals surface area contributed by atoms with E-state index in [0.717, 1.165) is 5.82 Å². The summed E-state index contributed by atoms with van der Waals surface area (Å²) in [6.45, 7) is 6.92. The van der Waals surface area contributed by atoms with Crippen molar-refractivity contribution in [2.45, 2.75) is 64.0 Å². The lowest BCUT2D eigenvalue weighted by atomic mass is 10.1. The highest BCUT2D eigenvalue weighted by atomic mass is 16.6. The van der Waals surface area contributed by atoms with E-state index in [4.69, 9.17) is 4.74 Å². The van der Waals surface area contributed by atoms with Crippen molar-refractivity contribution in [3.8, 4) is 0 Å². The molecule has 6 nitrogen and oxygen atoms in total. The van der Waals surface area contributed by atoms with Crippen LogP contribution in [0, 0.1) is 0 Å². The third-order valence-corrected chi connectivity index (χ3v) is 4.38. The maximum Gasteiger partial charge on any atom is 0.410 e. The van der Waals surface area contributed by atoms with Gasteiger partial charge in [0.05, 0.1) is 0 Å². The fourth-order valence-corrected chi connectivity index (χ4v) is 2.91. The predicted octanol–water partition coefficient (Wildman–Crippen LogP) is 3.12. The van der Waals surface area contributed by atoms with Gasteiger partial charge in [0, 0.05) is 25.0 Å². The van der Waals surface area contributed by atoms with E-state index in [1.54, 1.807) is 4.90 Å². The van der Waals surface area contributed by atoms with Gasteiger partial charge < -0.3 is 14.2 Å². The Balaban J connectivity index is 1.43. The van der Waals surface area contributed by atoms with Gasteiger partial charge >= 0.3 is 6.09 Å². The molecule has 0 N–H and O–H groups in total. The van der Waals surface area contributed by atoms with Crippen molar-refractivity contribution in [1.82, 2.24) is 19.7 Å².